The Morgan fingerprint density at radius 1 is 1.22 bits per heavy atom. The maximum atomic E-state index is 10.7. The summed E-state index contributed by atoms with van der Waals surface area (Å²) in [6.45, 7) is 8.80. The van der Waals surface area contributed by atoms with Gasteiger partial charge >= 0.3 is 0 Å². The van der Waals surface area contributed by atoms with Crippen molar-refractivity contribution in [1.82, 2.24) is 10.6 Å². The van der Waals surface area contributed by atoms with Crippen LogP contribution in [0.1, 0.15) is 84.1 Å². The van der Waals surface area contributed by atoms with Gasteiger partial charge in [-0.05, 0) is 75.1 Å². The second-order valence-corrected chi connectivity index (χ2v) is 13.5. The summed E-state index contributed by atoms with van der Waals surface area (Å²) in [6, 6.07) is 5.51. The van der Waals surface area contributed by atoms with Gasteiger partial charge in [0.1, 0.15) is 30.4 Å². The predicted molar refractivity (Wildman–Crippen MR) is 180 cm³/mol. The SMILES string of the molecule is CCCCC1[OH+][C-](CCc2ccc(O)c(OC[C@H](NCC)C3=C[C+]4C(=N3)CC[C@H]3CCC[C@@H]3[C@H]4CNC[C@H](C)O)c2)C=C1CO. The van der Waals surface area contributed by atoms with E-state index in [1.807, 2.05) is 19.1 Å². The number of unbranched alkanes of at least 4 members (excludes halogenated alkanes) is 1. The Labute approximate surface area is 270 Å². The number of rotatable bonds is 17. The molecule has 2 heterocycles. The average Bonchev–Trinajstić information content (AvgIpc) is 3.76. The maximum Gasteiger partial charge on any atom is 0.196 e. The summed E-state index contributed by atoms with van der Waals surface area (Å²) in [7, 11) is 0. The van der Waals surface area contributed by atoms with Crippen LogP contribution >= 0.6 is 0 Å². The summed E-state index contributed by atoms with van der Waals surface area (Å²) < 4.78 is 11.2. The number of aliphatic hydroxyl groups excluding tert-OH is 2. The van der Waals surface area contributed by atoms with Gasteiger partial charge in [-0.15, -0.1) is 16.6 Å². The highest BCUT2D eigenvalue weighted by molar-refractivity contribution is 6.03. The summed E-state index contributed by atoms with van der Waals surface area (Å²) in [5.74, 6) is 3.83. The summed E-state index contributed by atoms with van der Waals surface area (Å²) in [4.78, 5) is 5.20. The lowest BCUT2D eigenvalue weighted by Crippen LogP contribution is -2.37. The molecule has 1 unspecified atom stereocenters. The first-order valence-electron chi connectivity index (χ1n) is 17.5. The van der Waals surface area contributed by atoms with E-state index in [0.717, 1.165) is 80.5 Å². The van der Waals surface area contributed by atoms with Gasteiger partial charge in [0.15, 0.2) is 23.2 Å². The van der Waals surface area contributed by atoms with Crippen LogP contribution in [-0.2, 0) is 6.42 Å². The number of aliphatic hydroxyl groups is 4. The predicted octanol–water partition coefficient (Wildman–Crippen LogP) is 4.94. The topological polar surface area (TPSA) is 119 Å². The van der Waals surface area contributed by atoms with Gasteiger partial charge in [-0.1, -0.05) is 39.2 Å². The molecule has 6 N–H and O–H groups in total. The Hall–Kier alpha value is -2.49. The molecule has 0 saturated heterocycles. The molecule has 2 fully saturated rings. The number of phenolic OH excluding ortho intramolecular Hbond substituents is 1. The van der Waals surface area contributed by atoms with Crippen LogP contribution in [0.3, 0.4) is 0 Å². The van der Waals surface area contributed by atoms with Crippen molar-refractivity contribution in [2.24, 2.45) is 22.7 Å². The summed E-state index contributed by atoms with van der Waals surface area (Å²) in [6.07, 6.45) is 16.1. The summed E-state index contributed by atoms with van der Waals surface area (Å²) >= 11 is 0. The van der Waals surface area contributed by atoms with E-state index in [1.165, 1.54) is 37.3 Å². The molecule has 6 atom stereocenters. The number of nitrogens with zero attached hydrogens (tertiary/aromatic N) is 1. The highest BCUT2D eigenvalue weighted by atomic mass is 16.5. The van der Waals surface area contributed by atoms with Crippen LogP contribution in [-0.4, -0.2) is 76.9 Å². The number of fused-ring (bicyclic) bond motifs is 2. The number of benzene rings is 1. The van der Waals surface area contributed by atoms with Gasteiger partial charge in [0, 0.05) is 32.5 Å². The van der Waals surface area contributed by atoms with Crippen LogP contribution in [0.4, 0.5) is 0 Å². The molecule has 0 spiro atoms. The highest BCUT2D eigenvalue weighted by Gasteiger charge is 2.49. The highest BCUT2D eigenvalue weighted by Crippen LogP contribution is 2.48. The van der Waals surface area contributed by atoms with E-state index in [0.29, 0.717) is 30.7 Å². The van der Waals surface area contributed by atoms with Crippen molar-refractivity contribution >= 4 is 5.71 Å². The number of likely N-dealkylation sites (N-methyl/N-ethyl adjacent to an activating group) is 1. The van der Waals surface area contributed by atoms with E-state index in [1.54, 1.807) is 6.07 Å². The van der Waals surface area contributed by atoms with Crippen LogP contribution in [0.2, 0.25) is 0 Å². The van der Waals surface area contributed by atoms with Crippen molar-refractivity contribution in [3.8, 4) is 11.5 Å². The van der Waals surface area contributed by atoms with Crippen LogP contribution in [0, 0.1) is 29.8 Å². The van der Waals surface area contributed by atoms with Crippen LogP contribution < -0.4 is 15.4 Å². The number of ether oxygens (including phenoxy) is 2. The zero-order valence-electron chi connectivity index (χ0n) is 27.6. The molecular formula is C37H56N3O5+. The molecule has 1 aromatic carbocycles. The van der Waals surface area contributed by atoms with E-state index in [2.05, 4.69) is 36.6 Å². The smallest absolute Gasteiger partial charge is 0.196 e. The third kappa shape index (κ3) is 8.66. The second-order valence-electron chi connectivity index (χ2n) is 13.5. The Bertz CT molecular complexity index is 1200. The average molecular weight is 623 g/mol. The minimum absolute atomic E-state index is 0.0639. The Morgan fingerprint density at radius 2 is 2.09 bits per heavy atom. The molecule has 8 heteroatoms. The van der Waals surface area contributed by atoms with Crippen molar-refractivity contribution < 1.29 is 24.8 Å². The molecule has 248 valence electrons. The van der Waals surface area contributed by atoms with Crippen molar-refractivity contribution in [2.45, 2.75) is 103 Å². The number of aryl methyl sites for hydroxylation is 1. The molecule has 2 aliphatic carbocycles. The van der Waals surface area contributed by atoms with E-state index >= 15 is 0 Å². The number of hydrogen-bond donors (Lipinski definition) is 5. The van der Waals surface area contributed by atoms with E-state index < -0.39 is 0 Å². The first kappa shape index (κ1) is 33.9. The third-order valence-corrected chi connectivity index (χ3v) is 10.1. The molecule has 4 aliphatic rings. The van der Waals surface area contributed by atoms with Gasteiger partial charge in [-0.2, -0.15) is 0 Å². The van der Waals surface area contributed by atoms with Crippen molar-refractivity contribution in [3.05, 3.63) is 59.2 Å². The Kier molecular flexibility index (Phi) is 12.3. The maximum absolute atomic E-state index is 10.7. The Balaban J connectivity index is 1.22. The largest absolute Gasteiger partial charge is 0.504 e. The van der Waals surface area contributed by atoms with Gasteiger partial charge in [0.05, 0.1) is 18.1 Å². The van der Waals surface area contributed by atoms with Crippen LogP contribution in [0.15, 0.2) is 46.6 Å². The molecule has 0 bridgehead atoms. The third-order valence-electron chi connectivity index (χ3n) is 10.1. The molecule has 2 aliphatic heterocycles. The molecular weight excluding hydrogens is 566 g/mol. The van der Waals surface area contributed by atoms with E-state index in [4.69, 9.17) is 14.5 Å². The molecule has 0 radical (unpaired) electrons. The molecule has 0 aromatic heterocycles. The standard InChI is InChI=1S/C37H55N3O5/c1-4-6-10-36-27(22-41)18-28(45-36)14-11-25-12-16-35(43)37(17-25)44-23-34(39-5-2)33-19-30-31(21-38-20-24(3)42)29-9-7-8-26(29)13-15-32(30)40-33/h12,16-19,24,26,29,31,34,36,38-39,41-42,45H,4-11,13-15,20-23H2,1-3H3/p+1/t24-,26+,29-,31+,34-,36?/m0/s1. The number of allylic oxidation sites excluding steroid dienone is 1. The van der Waals surface area contributed by atoms with Gasteiger partial charge in [0.25, 0.3) is 0 Å². The molecule has 1 aromatic rings. The zero-order chi connectivity index (χ0) is 31.8. The number of hydrogen-bond acceptors (Lipinski definition) is 7. The Morgan fingerprint density at radius 3 is 2.87 bits per heavy atom. The first-order chi connectivity index (χ1) is 21.9. The molecule has 45 heavy (non-hydrogen) atoms. The van der Waals surface area contributed by atoms with E-state index in [9.17, 15) is 15.3 Å². The molecule has 5 rings (SSSR count). The lowest BCUT2D eigenvalue weighted by molar-refractivity contribution is -0.0550. The zero-order valence-corrected chi connectivity index (χ0v) is 27.6. The molecule has 2 saturated carbocycles. The number of aromatic hydroxyl groups is 1. The van der Waals surface area contributed by atoms with Gasteiger partial charge in [-0.3, -0.25) is 5.32 Å². The lowest BCUT2D eigenvalue weighted by atomic mass is 9.77. The van der Waals surface area contributed by atoms with E-state index in [-0.39, 0.29) is 30.6 Å². The van der Waals surface area contributed by atoms with Gasteiger partial charge < -0.3 is 30.1 Å². The number of nitrogens with one attached hydrogen (secondary N) is 2. The first-order valence-corrected chi connectivity index (χ1v) is 17.5. The van der Waals surface area contributed by atoms with Crippen molar-refractivity contribution in [2.75, 3.05) is 32.8 Å². The fraction of sp³-hybridized carbons (Fsp3) is 0.649. The molecule has 8 nitrogen and oxygen atoms in total. The fourth-order valence-electron chi connectivity index (χ4n) is 7.75. The van der Waals surface area contributed by atoms with Crippen LogP contribution in [0.25, 0.3) is 0 Å². The van der Waals surface area contributed by atoms with Crippen LogP contribution in [0.5, 0.6) is 11.5 Å². The van der Waals surface area contributed by atoms with Gasteiger partial charge in [-0.25, -0.2) is 0 Å². The quantitative estimate of drug-likeness (QED) is 0.124. The number of aliphatic imine (C=N–C) groups is 1. The fourth-order valence-corrected chi connectivity index (χ4v) is 7.75. The molecule has 0 amide bonds. The summed E-state index contributed by atoms with van der Waals surface area (Å²) in [5.41, 5.74) is 4.34. The summed E-state index contributed by atoms with van der Waals surface area (Å²) in [5, 5.41) is 37.4. The normalized spacial score (nSPS) is 25.8. The monoisotopic (exact) mass is 622 g/mol. The number of phenols is 1. The lowest BCUT2D eigenvalue weighted by Gasteiger charge is -2.26. The minimum atomic E-state index is -0.358. The van der Waals surface area contributed by atoms with Crippen molar-refractivity contribution in [1.29, 1.82) is 0 Å². The second kappa shape index (κ2) is 16.4. The van der Waals surface area contributed by atoms with Gasteiger partial charge in [0.2, 0.25) is 0 Å². The van der Waals surface area contributed by atoms with Crippen molar-refractivity contribution in [3.63, 3.8) is 0 Å². The minimum Gasteiger partial charge on any atom is -0.504 e.